The van der Waals surface area contributed by atoms with Gasteiger partial charge in [-0.15, -0.1) is 0 Å². The third-order valence-electron chi connectivity index (χ3n) is 22.3. The Hall–Kier alpha value is -7.02. The molecule has 3 aromatic carbocycles. The second-order valence-corrected chi connectivity index (χ2v) is 29.3. The minimum Gasteiger partial charge on any atom is -0.458 e. The zero-order chi connectivity index (χ0) is 64.3. The van der Waals surface area contributed by atoms with Crippen molar-refractivity contribution >= 4 is 47.6 Å². The maximum Gasteiger partial charge on any atom is 0.341 e. The van der Waals surface area contributed by atoms with Gasteiger partial charge in [-0.1, -0.05) is 26.8 Å². The van der Waals surface area contributed by atoms with Gasteiger partial charge in [0, 0.05) is 89.8 Å². The Morgan fingerprint density at radius 3 is 1.90 bits per heavy atom. The molecule has 3 saturated heterocycles. The zero-order valence-corrected chi connectivity index (χ0v) is 51.8. The number of benzene rings is 3. The molecule has 8 fully saturated rings. The van der Waals surface area contributed by atoms with Gasteiger partial charge >= 0.3 is 35.8 Å². The average Bonchev–Trinajstić information content (AvgIpc) is 1.49. The van der Waals surface area contributed by atoms with E-state index in [0.29, 0.717) is 16.7 Å². The van der Waals surface area contributed by atoms with E-state index < -0.39 is 188 Å². The standard InChI is InChI=1S/C66H76N2O21/c1-26-42-45(63(12)64(13,80)58(79)89-66(63)52(26)87-66)48(73)43-41-44(50(81-27(2)69)53(62(42,43)11)82-28(3)70)61(10)36(25-39-49(86-39)51(61)74)46(47(41)72)68-40(71)20-21-67-54(75)29-14-17-33-32(22-29)55(76)88-65(33)34-18-15-30(83-56(77)59(4,5)6)23-37(34)85-38-24-31(16-19-35(38)65)84-57(78)60(7,8)9/h14-19,22-24,26,36,39,41-53,72-74,80H,20-21,25H2,1-13H3,(H,67,75)(H,68,71)/t26-,36+,39-,41?,42-,43+,44?,45-,46-,47+,48+,49-,50-,51-,52+,53-,61-,62+,63-,64+,66-/m0/s1. The summed E-state index contributed by atoms with van der Waals surface area (Å²) in [5.41, 5.74) is -8.84. The van der Waals surface area contributed by atoms with E-state index in [1.807, 2.05) is 6.92 Å². The Bertz CT molecular complexity index is 3550. The summed E-state index contributed by atoms with van der Waals surface area (Å²) in [5, 5.41) is 57.3. The van der Waals surface area contributed by atoms with Gasteiger partial charge in [-0.05, 0) is 122 Å². The Balaban J connectivity index is 0.791. The monoisotopic (exact) mass is 1230 g/mol. The third kappa shape index (κ3) is 8.28. The maximum absolute atomic E-state index is 14.5. The van der Waals surface area contributed by atoms with Gasteiger partial charge in [-0.25, -0.2) is 9.59 Å². The number of fused-ring (bicyclic) bond motifs is 15. The van der Waals surface area contributed by atoms with Crippen LogP contribution >= 0.6 is 0 Å². The lowest BCUT2D eigenvalue weighted by Crippen LogP contribution is -2.76. The predicted octanol–water partition coefficient (Wildman–Crippen LogP) is 4.69. The minimum atomic E-state index is -2.20. The summed E-state index contributed by atoms with van der Waals surface area (Å²) < 4.78 is 55.1. The molecule has 23 nitrogen and oxygen atoms in total. The normalized spacial score (nSPS) is 39.9. The quantitative estimate of drug-likeness (QED) is 0.0732. The number of amides is 2. The van der Waals surface area contributed by atoms with Gasteiger partial charge in [-0.2, -0.15) is 0 Å². The summed E-state index contributed by atoms with van der Waals surface area (Å²) in [7, 11) is 0. The van der Waals surface area contributed by atoms with Crippen LogP contribution < -0.4 is 24.8 Å². The molecule has 6 N–H and O–H groups in total. The number of aliphatic hydroxyl groups is 4. The lowest BCUT2D eigenvalue weighted by atomic mass is 9.40. The second-order valence-electron chi connectivity index (χ2n) is 29.3. The second kappa shape index (κ2) is 19.5. The predicted molar refractivity (Wildman–Crippen MR) is 305 cm³/mol. The number of aliphatic hydroxyl groups excluding tert-OH is 3. The summed E-state index contributed by atoms with van der Waals surface area (Å²) in [6.07, 6.45) is -9.02. The Morgan fingerprint density at radius 1 is 0.719 bits per heavy atom. The highest BCUT2D eigenvalue weighted by atomic mass is 16.8. The van der Waals surface area contributed by atoms with E-state index in [-0.39, 0.29) is 53.5 Å². The molecule has 21 atom stereocenters. The third-order valence-corrected chi connectivity index (χ3v) is 22.3. The smallest absolute Gasteiger partial charge is 0.341 e. The number of ether oxygens (including phenoxy) is 9. The molecule has 5 aliphatic heterocycles. The fourth-order valence-corrected chi connectivity index (χ4v) is 18.1. The first-order chi connectivity index (χ1) is 41.5. The molecule has 476 valence electrons. The first kappa shape index (κ1) is 60.9. The van der Waals surface area contributed by atoms with Crippen molar-refractivity contribution in [1.29, 1.82) is 0 Å². The Kier molecular flexibility index (Phi) is 13.3. The number of carbonyl (C=O) groups is 8. The lowest BCUT2D eigenvalue weighted by Gasteiger charge is -2.67. The van der Waals surface area contributed by atoms with Crippen LogP contribution in [0, 0.1) is 68.5 Å². The molecule has 2 spiro atoms. The van der Waals surface area contributed by atoms with Crippen LogP contribution in [0.3, 0.4) is 0 Å². The molecular formula is C66H76N2O21. The van der Waals surface area contributed by atoms with Crippen LogP contribution in [0.2, 0.25) is 0 Å². The summed E-state index contributed by atoms with van der Waals surface area (Å²) >= 11 is 0. The highest BCUT2D eigenvalue weighted by molar-refractivity contribution is 6.02. The largest absolute Gasteiger partial charge is 0.458 e. The van der Waals surface area contributed by atoms with Gasteiger partial charge in [0.15, 0.2) is 11.2 Å². The van der Waals surface area contributed by atoms with Crippen molar-refractivity contribution < 1.29 is 101 Å². The molecule has 0 radical (unpaired) electrons. The summed E-state index contributed by atoms with van der Waals surface area (Å²) in [5.74, 6) is -12.9. The summed E-state index contributed by atoms with van der Waals surface area (Å²) in [6.45, 7) is 20.8. The number of rotatable bonds is 9. The van der Waals surface area contributed by atoms with Gasteiger partial charge in [0.1, 0.15) is 47.4 Å². The van der Waals surface area contributed by atoms with E-state index in [4.69, 9.17) is 42.6 Å². The molecule has 0 aromatic heterocycles. The molecule has 0 bridgehead atoms. The molecule has 3 aromatic rings. The highest BCUT2D eigenvalue weighted by Crippen LogP contribution is 2.81. The van der Waals surface area contributed by atoms with Gasteiger partial charge in [-0.3, -0.25) is 28.8 Å². The van der Waals surface area contributed by atoms with Crippen LogP contribution in [-0.4, -0.2) is 141 Å². The number of carbonyl (C=O) groups excluding carboxylic acids is 8. The van der Waals surface area contributed by atoms with Crippen molar-refractivity contribution in [2.45, 2.75) is 175 Å². The fourth-order valence-electron chi connectivity index (χ4n) is 18.1. The molecule has 13 rings (SSSR count). The number of esters is 6. The van der Waals surface area contributed by atoms with Crippen molar-refractivity contribution in [3.63, 3.8) is 0 Å². The molecule has 2 amide bonds. The van der Waals surface area contributed by atoms with Crippen LogP contribution in [0.1, 0.15) is 140 Å². The summed E-state index contributed by atoms with van der Waals surface area (Å²) in [4.78, 5) is 110. The van der Waals surface area contributed by atoms with Gasteiger partial charge in [0.2, 0.25) is 11.7 Å². The number of epoxide rings is 2. The number of nitrogens with one attached hydrogen (secondary N) is 2. The van der Waals surface area contributed by atoms with Crippen LogP contribution in [0.25, 0.3) is 0 Å². The zero-order valence-electron chi connectivity index (χ0n) is 51.8. The fraction of sp³-hybridized carbons (Fsp3) is 0.606. The topological polar surface area (TPSA) is 331 Å². The maximum atomic E-state index is 14.5. The minimum absolute atomic E-state index is 0.0362. The summed E-state index contributed by atoms with van der Waals surface area (Å²) in [6, 6.07) is 12.6. The molecule has 5 aliphatic carbocycles. The van der Waals surface area contributed by atoms with Crippen molar-refractivity contribution in [3.05, 3.63) is 82.4 Å². The van der Waals surface area contributed by atoms with Crippen molar-refractivity contribution in [2.24, 2.45) is 68.5 Å². The van der Waals surface area contributed by atoms with Gasteiger partial charge in [0.05, 0.1) is 52.3 Å². The van der Waals surface area contributed by atoms with Crippen LogP contribution in [0.4, 0.5) is 0 Å². The number of hydrogen-bond donors (Lipinski definition) is 6. The molecule has 10 aliphatic rings. The number of hydrogen-bond acceptors (Lipinski definition) is 21. The average molecular weight is 1230 g/mol. The van der Waals surface area contributed by atoms with E-state index in [2.05, 4.69) is 10.6 Å². The first-order valence-electron chi connectivity index (χ1n) is 30.5. The van der Waals surface area contributed by atoms with E-state index in [9.17, 15) is 58.8 Å². The van der Waals surface area contributed by atoms with Crippen molar-refractivity contribution in [2.75, 3.05) is 6.54 Å². The molecule has 5 saturated carbocycles. The Labute approximate surface area is 513 Å². The molecular weight excluding hydrogens is 1160 g/mol. The molecule has 2 unspecified atom stereocenters. The van der Waals surface area contributed by atoms with E-state index >= 15 is 0 Å². The lowest BCUT2D eigenvalue weighted by molar-refractivity contribution is -0.285. The van der Waals surface area contributed by atoms with Crippen molar-refractivity contribution in [1.82, 2.24) is 10.6 Å². The highest BCUT2D eigenvalue weighted by Gasteiger charge is 2.93. The Morgan fingerprint density at radius 2 is 1.31 bits per heavy atom. The van der Waals surface area contributed by atoms with E-state index in [1.165, 1.54) is 45.0 Å². The van der Waals surface area contributed by atoms with Crippen LogP contribution in [-0.2, 0) is 62.8 Å². The van der Waals surface area contributed by atoms with Crippen molar-refractivity contribution in [3.8, 4) is 23.0 Å². The first-order valence-corrected chi connectivity index (χ1v) is 30.5. The molecule has 89 heavy (non-hydrogen) atoms. The van der Waals surface area contributed by atoms with Gasteiger partial charge < -0.3 is 73.7 Å². The molecule has 5 heterocycles. The van der Waals surface area contributed by atoms with Crippen LogP contribution in [0.5, 0.6) is 23.0 Å². The van der Waals surface area contributed by atoms with E-state index in [0.717, 1.165) is 0 Å². The SMILES string of the molecule is CC(=O)O[C@H]1C2C([C@@H](O)[C@@H](NC(=O)CCNC(=O)c3ccc4c(c3)C(=O)OC43c4ccc(OC(=O)C(C)(C)C)cc4Oc4cc(OC(=O)C(C)(C)C)ccc43)[C@H]3C[C@@H]4O[C@@H]4[C@H](O)[C@]23C)[C@@H]2[C@@H](O)[C@@H]3[C@H]([C@H](C)[C@H]4O[C@]45OC(=O)[C@@](C)(O)[C@]35C)[C@@]2(C)[C@H]1OC(C)=O. The van der Waals surface area contributed by atoms with Gasteiger partial charge in [0.25, 0.3) is 5.91 Å². The molecule has 23 heteroatoms. The van der Waals surface area contributed by atoms with Crippen LogP contribution in [0.15, 0.2) is 54.6 Å². The van der Waals surface area contributed by atoms with E-state index in [1.54, 1.807) is 92.6 Å².